The first-order valence-corrected chi connectivity index (χ1v) is 10.5. The van der Waals surface area contributed by atoms with E-state index in [0.717, 1.165) is 16.8 Å². The number of rotatable bonds is 6. The third kappa shape index (κ3) is 3.97. The summed E-state index contributed by atoms with van der Waals surface area (Å²) in [5.74, 6) is -0.0442. The summed E-state index contributed by atoms with van der Waals surface area (Å²) < 4.78 is 29.6. The minimum Gasteiger partial charge on any atom is -0.326 e. The lowest BCUT2D eigenvalue weighted by atomic mass is 10.0. The van der Waals surface area contributed by atoms with Crippen LogP contribution >= 0.6 is 0 Å². The number of carbonyl (C=O) groups excluding carboxylic acids is 1. The molecule has 0 radical (unpaired) electrons. The summed E-state index contributed by atoms with van der Waals surface area (Å²) in [7, 11) is -3.61. The van der Waals surface area contributed by atoms with Crippen LogP contribution in [0.2, 0.25) is 0 Å². The number of sulfonamides is 1. The first-order chi connectivity index (χ1) is 13.5. The highest BCUT2D eigenvalue weighted by Crippen LogP contribution is 2.25. The Bertz CT molecular complexity index is 1110. The number of hydrogen-bond acceptors (Lipinski definition) is 4. The summed E-state index contributed by atoms with van der Waals surface area (Å²) >= 11 is 0. The number of fused-ring (bicyclic) bond motifs is 1. The van der Waals surface area contributed by atoms with Crippen LogP contribution in [-0.2, 0) is 27.7 Å². The highest BCUT2D eigenvalue weighted by atomic mass is 32.2. The number of aryl methyl sites for hydroxylation is 1. The van der Waals surface area contributed by atoms with Crippen molar-refractivity contribution in [2.45, 2.75) is 24.2 Å². The van der Waals surface area contributed by atoms with Crippen molar-refractivity contribution >= 4 is 21.6 Å². The zero-order chi connectivity index (χ0) is 19.6. The van der Waals surface area contributed by atoms with Crippen molar-refractivity contribution in [2.24, 2.45) is 0 Å². The zero-order valence-electron chi connectivity index (χ0n) is 15.1. The first kappa shape index (κ1) is 18.4. The molecule has 0 saturated carbocycles. The van der Waals surface area contributed by atoms with Crippen LogP contribution in [0.3, 0.4) is 0 Å². The molecule has 28 heavy (non-hydrogen) atoms. The van der Waals surface area contributed by atoms with Crippen LogP contribution in [0, 0.1) is 0 Å². The molecule has 0 atom stereocenters. The Hall–Kier alpha value is -2.97. The lowest BCUT2D eigenvalue weighted by Crippen LogP contribution is -2.26. The van der Waals surface area contributed by atoms with E-state index < -0.39 is 10.0 Å². The maximum Gasteiger partial charge on any atom is 0.240 e. The van der Waals surface area contributed by atoms with Crippen molar-refractivity contribution in [1.82, 2.24) is 14.5 Å². The quantitative estimate of drug-likeness (QED) is 0.669. The van der Waals surface area contributed by atoms with Crippen molar-refractivity contribution in [2.75, 3.05) is 11.9 Å². The number of hydrogen-bond donors (Lipinski definition) is 2. The number of nitrogens with zero attached hydrogens (tertiary/aromatic N) is 2. The fourth-order valence-electron chi connectivity index (χ4n) is 3.15. The van der Waals surface area contributed by atoms with Crippen LogP contribution in [0.15, 0.2) is 65.8 Å². The van der Waals surface area contributed by atoms with E-state index in [0.29, 0.717) is 24.9 Å². The van der Waals surface area contributed by atoms with Gasteiger partial charge in [0.15, 0.2) is 0 Å². The molecule has 2 heterocycles. The third-order valence-corrected chi connectivity index (χ3v) is 6.10. The summed E-state index contributed by atoms with van der Waals surface area (Å²) in [6, 6.07) is 14.5. The molecule has 1 aromatic heterocycles. The van der Waals surface area contributed by atoms with E-state index in [1.54, 1.807) is 23.0 Å². The van der Waals surface area contributed by atoms with Gasteiger partial charge < -0.3 is 5.32 Å². The summed E-state index contributed by atoms with van der Waals surface area (Å²) in [6.45, 7) is 0.274. The monoisotopic (exact) mass is 396 g/mol. The molecule has 0 unspecified atom stereocenters. The molecule has 0 aliphatic carbocycles. The SMILES string of the molecule is O=C1CCc2cc(S(=O)(=O)NCCc3cnn(-c4ccccc4)c3)ccc2N1. The van der Waals surface area contributed by atoms with Gasteiger partial charge in [-0.15, -0.1) is 0 Å². The molecule has 1 amide bonds. The molecule has 8 heteroatoms. The van der Waals surface area contributed by atoms with Gasteiger partial charge in [0, 0.05) is 24.8 Å². The van der Waals surface area contributed by atoms with Crippen molar-refractivity contribution in [3.63, 3.8) is 0 Å². The van der Waals surface area contributed by atoms with E-state index in [1.165, 1.54) is 6.07 Å². The minimum absolute atomic E-state index is 0.0442. The Balaban J connectivity index is 1.40. The van der Waals surface area contributed by atoms with E-state index in [4.69, 9.17) is 0 Å². The van der Waals surface area contributed by atoms with E-state index >= 15 is 0 Å². The van der Waals surface area contributed by atoms with E-state index in [1.807, 2.05) is 36.5 Å². The number of aromatic nitrogens is 2. The van der Waals surface area contributed by atoms with E-state index in [9.17, 15) is 13.2 Å². The lowest BCUT2D eigenvalue weighted by Gasteiger charge is -2.17. The van der Waals surface area contributed by atoms with Crippen molar-refractivity contribution < 1.29 is 13.2 Å². The second-order valence-corrected chi connectivity index (χ2v) is 8.41. The van der Waals surface area contributed by atoms with Crippen LogP contribution in [-0.4, -0.2) is 30.7 Å². The molecule has 1 aliphatic heterocycles. The number of anilines is 1. The third-order valence-electron chi connectivity index (χ3n) is 4.65. The lowest BCUT2D eigenvalue weighted by molar-refractivity contribution is -0.116. The second-order valence-electron chi connectivity index (χ2n) is 6.64. The molecule has 2 aromatic carbocycles. The maximum absolute atomic E-state index is 12.6. The predicted octanol–water partition coefficient (Wildman–Crippen LogP) is 2.28. The first-order valence-electron chi connectivity index (χ1n) is 9.03. The molecule has 3 aromatic rings. The topological polar surface area (TPSA) is 93.1 Å². The number of benzene rings is 2. The Kier molecular flexibility index (Phi) is 4.97. The summed E-state index contributed by atoms with van der Waals surface area (Å²) in [6.07, 6.45) is 5.08. The zero-order valence-corrected chi connectivity index (χ0v) is 15.9. The standard InChI is InChI=1S/C20H20N4O3S/c25-20-9-6-16-12-18(7-8-19(16)23-20)28(26,27)22-11-10-15-13-21-24(14-15)17-4-2-1-3-5-17/h1-5,7-8,12-14,22H,6,9-11H2,(H,23,25). The average molecular weight is 396 g/mol. The van der Waals surface area contributed by atoms with Gasteiger partial charge in [-0.3, -0.25) is 4.79 Å². The largest absolute Gasteiger partial charge is 0.326 e. The Morgan fingerprint density at radius 2 is 1.93 bits per heavy atom. The molecule has 4 rings (SSSR count). The minimum atomic E-state index is -3.61. The number of para-hydroxylation sites is 1. The predicted molar refractivity (Wildman–Crippen MR) is 106 cm³/mol. The molecular formula is C20H20N4O3S. The normalized spacial score (nSPS) is 13.8. The van der Waals surface area contributed by atoms with Crippen molar-refractivity contribution in [3.05, 3.63) is 72.1 Å². The van der Waals surface area contributed by atoms with Crippen LogP contribution in [0.4, 0.5) is 5.69 Å². The van der Waals surface area contributed by atoms with E-state index in [2.05, 4.69) is 15.1 Å². The van der Waals surface area contributed by atoms with Gasteiger partial charge in [-0.25, -0.2) is 17.8 Å². The maximum atomic E-state index is 12.6. The average Bonchev–Trinajstić information content (AvgIpc) is 3.17. The van der Waals surface area contributed by atoms with Gasteiger partial charge >= 0.3 is 0 Å². The highest BCUT2D eigenvalue weighted by Gasteiger charge is 2.19. The molecule has 0 saturated heterocycles. The van der Waals surface area contributed by atoms with Crippen LogP contribution < -0.4 is 10.0 Å². The molecule has 0 bridgehead atoms. The van der Waals surface area contributed by atoms with Crippen LogP contribution in [0.1, 0.15) is 17.5 Å². The van der Waals surface area contributed by atoms with Crippen molar-refractivity contribution in [3.8, 4) is 5.69 Å². The number of amides is 1. The summed E-state index contributed by atoms with van der Waals surface area (Å²) in [5, 5.41) is 7.07. The fourth-order valence-corrected chi connectivity index (χ4v) is 4.23. The van der Waals surface area contributed by atoms with Gasteiger partial charge in [-0.1, -0.05) is 18.2 Å². The molecule has 7 nitrogen and oxygen atoms in total. The van der Waals surface area contributed by atoms with E-state index in [-0.39, 0.29) is 17.3 Å². The smallest absolute Gasteiger partial charge is 0.240 e. The van der Waals surface area contributed by atoms with Gasteiger partial charge in [-0.2, -0.15) is 5.10 Å². The van der Waals surface area contributed by atoms with Gasteiger partial charge in [0.1, 0.15) is 0 Å². The molecule has 0 spiro atoms. The summed E-state index contributed by atoms with van der Waals surface area (Å²) in [4.78, 5) is 11.6. The summed E-state index contributed by atoms with van der Waals surface area (Å²) in [5.41, 5.74) is 3.42. The van der Waals surface area contributed by atoms with Gasteiger partial charge in [0.25, 0.3) is 0 Å². The molecular weight excluding hydrogens is 376 g/mol. The molecule has 2 N–H and O–H groups in total. The molecule has 1 aliphatic rings. The molecule has 144 valence electrons. The highest BCUT2D eigenvalue weighted by molar-refractivity contribution is 7.89. The Morgan fingerprint density at radius 3 is 2.75 bits per heavy atom. The van der Waals surface area contributed by atoms with Gasteiger partial charge in [0.2, 0.25) is 15.9 Å². The van der Waals surface area contributed by atoms with Crippen LogP contribution in [0.5, 0.6) is 0 Å². The fraction of sp³-hybridized carbons (Fsp3) is 0.200. The van der Waals surface area contributed by atoms with Gasteiger partial charge in [-0.05, 0) is 54.3 Å². The van der Waals surface area contributed by atoms with Crippen molar-refractivity contribution in [1.29, 1.82) is 0 Å². The second kappa shape index (κ2) is 7.57. The number of nitrogens with one attached hydrogen (secondary N) is 2. The van der Waals surface area contributed by atoms with Gasteiger partial charge in [0.05, 0.1) is 16.8 Å². The van der Waals surface area contributed by atoms with Crippen LogP contribution in [0.25, 0.3) is 5.69 Å². The Labute approximate surface area is 163 Å². The molecule has 0 fully saturated rings. The Morgan fingerprint density at radius 1 is 1.11 bits per heavy atom. The number of carbonyl (C=O) groups is 1.